The molecule has 1 N–H and O–H groups in total. The van der Waals surface area contributed by atoms with Crippen LogP contribution in [-0.2, 0) is 6.54 Å². The Morgan fingerprint density at radius 2 is 1.87 bits per heavy atom. The number of nitrogens with one attached hydrogen (secondary N) is 1. The van der Waals surface area contributed by atoms with Crippen molar-refractivity contribution >= 4 is 27.7 Å². The third-order valence-electron chi connectivity index (χ3n) is 4.67. The second-order valence-corrected chi connectivity index (χ2v) is 8.07. The predicted octanol–water partition coefficient (Wildman–Crippen LogP) is 4.65. The van der Waals surface area contributed by atoms with Crippen LogP contribution in [0.5, 0.6) is 0 Å². The number of amides is 1. The summed E-state index contributed by atoms with van der Waals surface area (Å²) in [6.45, 7) is 4.62. The lowest BCUT2D eigenvalue weighted by Gasteiger charge is -2.13. The highest BCUT2D eigenvalue weighted by atomic mass is 79.9. The van der Waals surface area contributed by atoms with Gasteiger partial charge in [-0.2, -0.15) is 10.2 Å². The van der Waals surface area contributed by atoms with Crippen molar-refractivity contribution in [2.45, 2.75) is 26.3 Å². The summed E-state index contributed by atoms with van der Waals surface area (Å²) < 4.78 is 4.50. The number of carbonyl (C=O) groups is 1. The smallest absolute Gasteiger partial charge is 0.260 e. The van der Waals surface area contributed by atoms with Gasteiger partial charge >= 0.3 is 0 Å². The van der Waals surface area contributed by atoms with Crippen molar-refractivity contribution in [3.05, 3.63) is 88.4 Å². The molecule has 8 heteroatoms. The molecular formula is C22H21BrN6O. The molecule has 4 rings (SSSR count). The van der Waals surface area contributed by atoms with Gasteiger partial charge in [0.15, 0.2) is 5.82 Å². The Balaban J connectivity index is 1.59. The van der Waals surface area contributed by atoms with E-state index >= 15 is 0 Å². The average Bonchev–Trinajstić information content (AvgIpc) is 3.37. The third-order valence-corrected chi connectivity index (χ3v) is 5.20. The Labute approximate surface area is 182 Å². The second kappa shape index (κ2) is 8.62. The number of hydrogen-bond donors (Lipinski definition) is 1. The first-order valence-corrected chi connectivity index (χ1v) is 10.4. The van der Waals surface area contributed by atoms with Crippen molar-refractivity contribution in [1.29, 1.82) is 0 Å². The van der Waals surface area contributed by atoms with E-state index in [1.807, 2.05) is 56.3 Å². The highest BCUT2D eigenvalue weighted by Crippen LogP contribution is 2.23. The number of anilines is 1. The normalized spacial score (nSPS) is 11.1. The van der Waals surface area contributed by atoms with Crippen LogP contribution in [0, 0.1) is 0 Å². The monoisotopic (exact) mass is 464 g/mol. The molecule has 0 unspecified atom stereocenters. The zero-order valence-corrected chi connectivity index (χ0v) is 18.2. The molecule has 0 aliphatic rings. The molecule has 0 spiro atoms. The van der Waals surface area contributed by atoms with Gasteiger partial charge in [0.25, 0.3) is 5.91 Å². The minimum Gasteiger partial charge on any atom is -0.307 e. The molecule has 4 aromatic rings. The van der Waals surface area contributed by atoms with Gasteiger partial charge in [0, 0.05) is 16.7 Å². The number of pyridine rings is 1. The quantitative estimate of drug-likeness (QED) is 0.450. The minimum atomic E-state index is -0.224. The van der Waals surface area contributed by atoms with Crippen LogP contribution >= 0.6 is 15.9 Å². The number of rotatable bonds is 6. The van der Waals surface area contributed by atoms with E-state index in [-0.39, 0.29) is 11.8 Å². The highest BCUT2D eigenvalue weighted by Gasteiger charge is 2.22. The van der Waals surface area contributed by atoms with Crippen LogP contribution in [0.4, 0.5) is 5.82 Å². The van der Waals surface area contributed by atoms with Gasteiger partial charge in [-0.25, -0.2) is 14.3 Å². The largest absolute Gasteiger partial charge is 0.307 e. The summed E-state index contributed by atoms with van der Waals surface area (Å²) in [7, 11) is 0. The maximum Gasteiger partial charge on any atom is 0.260 e. The molecule has 0 fully saturated rings. The number of aromatic nitrogens is 5. The average molecular weight is 465 g/mol. The van der Waals surface area contributed by atoms with Gasteiger partial charge in [0.2, 0.25) is 0 Å². The summed E-state index contributed by atoms with van der Waals surface area (Å²) in [5.74, 6) is 1.17. The first kappa shape index (κ1) is 20.0. The lowest BCUT2D eigenvalue weighted by atomic mass is 10.1. The molecule has 0 aliphatic heterocycles. The summed E-state index contributed by atoms with van der Waals surface area (Å²) in [6, 6.07) is 15.4. The predicted molar refractivity (Wildman–Crippen MR) is 119 cm³/mol. The first-order chi connectivity index (χ1) is 14.5. The fourth-order valence-corrected chi connectivity index (χ4v) is 3.53. The number of carbonyl (C=O) groups excluding carboxylic acids is 1. The summed E-state index contributed by atoms with van der Waals surface area (Å²) in [5.41, 5.74) is 2.42. The number of halogens is 1. The van der Waals surface area contributed by atoms with Gasteiger partial charge in [-0.05, 0) is 35.7 Å². The van der Waals surface area contributed by atoms with E-state index in [4.69, 9.17) is 0 Å². The molecule has 3 heterocycles. The number of nitrogens with zero attached hydrogens (tertiary/aromatic N) is 5. The van der Waals surface area contributed by atoms with Gasteiger partial charge in [-0.3, -0.25) is 4.79 Å². The van der Waals surface area contributed by atoms with Gasteiger partial charge in [0.05, 0.1) is 30.2 Å². The molecule has 0 bridgehead atoms. The van der Waals surface area contributed by atoms with Crippen LogP contribution in [0.1, 0.15) is 41.4 Å². The Bertz CT molecular complexity index is 1150. The van der Waals surface area contributed by atoms with Crippen LogP contribution in [0.3, 0.4) is 0 Å². The van der Waals surface area contributed by atoms with Crippen molar-refractivity contribution < 1.29 is 4.79 Å². The Hall–Kier alpha value is -3.26. The van der Waals surface area contributed by atoms with Gasteiger partial charge in [-0.15, -0.1) is 0 Å². The van der Waals surface area contributed by atoms with E-state index in [0.717, 1.165) is 15.7 Å². The van der Waals surface area contributed by atoms with Crippen LogP contribution < -0.4 is 5.32 Å². The van der Waals surface area contributed by atoms with Crippen molar-refractivity contribution in [1.82, 2.24) is 24.5 Å². The molecule has 1 amide bonds. The Kier molecular flexibility index (Phi) is 5.76. The Morgan fingerprint density at radius 1 is 1.07 bits per heavy atom. The lowest BCUT2D eigenvalue weighted by Crippen LogP contribution is -2.18. The van der Waals surface area contributed by atoms with Gasteiger partial charge in [-0.1, -0.05) is 48.0 Å². The lowest BCUT2D eigenvalue weighted by molar-refractivity contribution is 0.102. The van der Waals surface area contributed by atoms with Gasteiger partial charge in [0.1, 0.15) is 5.82 Å². The molecule has 0 saturated heterocycles. The zero-order chi connectivity index (χ0) is 21.1. The van der Waals surface area contributed by atoms with Crippen LogP contribution in [0.2, 0.25) is 0 Å². The maximum atomic E-state index is 13.1. The Morgan fingerprint density at radius 3 is 2.57 bits per heavy atom. The topological polar surface area (TPSA) is 77.6 Å². The third kappa shape index (κ3) is 4.18. The van der Waals surface area contributed by atoms with Crippen molar-refractivity contribution in [2.24, 2.45) is 0 Å². The zero-order valence-electron chi connectivity index (χ0n) is 16.7. The van der Waals surface area contributed by atoms with E-state index in [0.29, 0.717) is 23.7 Å². The highest BCUT2D eigenvalue weighted by molar-refractivity contribution is 9.10. The molecule has 0 saturated carbocycles. The number of hydrogen-bond acceptors (Lipinski definition) is 4. The summed E-state index contributed by atoms with van der Waals surface area (Å²) in [4.78, 5) is 17.5. The molecule has 0 atom stereocenters. The van der Waals surface area contributed by atoms with E-state index in [9.17, 15) is 4.79 Å². The maximum absolute atomic E-state index is 13.1. The molecule has 3 aromatic heterocycles. The summed E-state index contributed by atoms with van der Waals surface area (Å²) in [5, 5.41) is 11.8. The van der Waals surface area contributed by atoms with Crippen LogP contribution in [-0.4, -0.2) is 30.5 Å². The number of benzene rings is 1. The van der Waals surface area contributed by atoms with E-state index in [1.165, 1.54) is 0 Å². The van der Waals surface area contributed by atoms with Crippen molar-refractivity contribution in [3.63, 3.8) is 0 Å². The van der Waals surface area contributed by atoms with Crippen LogP contribution in [0.15, 0.2) is 71.6 Å². The summed E-state index contributed by atoms with van der Waals surface area (Å²) >= 11 is 3.44. The fraction of sp³-hybridized carbons (Fsp3) is 0.182. The van der Waals surface area contributed by atoms with Crippen molar-refractivity contribution in [2.75, 3.05) is 5.32 Å². The molecule has 7 nitrogen and oxygen atoms in total. The first-order valence-electron chi connectivity index (χ1n) is 9.60. The second-order valence-electron chi connectivity index (χ2n) is 7.15. The van der Waals surface area contributed by atoms with Gasteiger partial charge < -0.3 is 5.32 Å². The molecule has 30 heavy (non-hydrogen) atoms. The molecule has 0 aliphatic carbocycles. The molecular weight excluding hydrogens is 444 g/mol. The van der Waals surface area contributed by atoms with E-state index in [1.54, 1.807) is 34.0 Å². The summed E-state index contributed by atoms with van der Waals surface area (Å²) in [6.07, 6.45) is 4.98. The molecule has 0 radical (unpaired) electrons. The van der Waals surface area contributed by atoms with Crippen molar-refractivity contribution in [3.8, 4) is 5.82 Å². The van der Waals surface area contributed by atoms with Crippen LogP contribution in [0.25, 0.3) is 5.82 Å². The minimum absolute atomic E-state index is 0.0860. The molecule has 1 aromatic carbocycles. The molecule has 152 valence electrons. The standard InChI is InChI=1S/C22H21BrN6O/c1-15(2)21-18(13-26-29(21)19-5-3-4-11-24-19)22(30)27-20-10-12-25-28(20)14-16-6-8-17(23)9-7-16/h3-13,15H,14H2,1-2H3,(H,27,30). The van der Waals surface area contributed by atoms with E-state index in [2.05, 4.69) is 36.4 Å². The SMILES string of the molecule is CC(C)c1c(C(=O)Nc2ccnn2Cc2ccc(Br)cc2)cnn1-c1ccccn1. The van der Waals surface area contributed by atoms with E-state index < -0.39 is 0 Å². The fourth-order valence-electron chi connectivity index (χ4n) is 3.26.